The van der Waals surface area contributed by atoms with E-state index in [0.29, 0.717) is 15.8 Å². The van der Waals surface area contributed by atoms with Gasteiger partial charge >= 0.3 is 0 Å². The molecule has 0 saturated carbocycles. The van der Waals surface area contributed by atoms with E-state index in [9.17, 15) is 4.79 Å². The molecule has 1 aromatic carbocycles. The van der Waals surface area contributed by atoms with Gasteiger partial charge in [0.25, 0.3) is 0 Å². The summed E-state index contributed by atoms with van der Waals surface area (Å²) in [4.78, 5) is 12.7. The largest absolute Gasteiger partial charge is 0.496 e. The Morgan fingerprint density at radius 1 is 1.42 bits per heavy atom. The van der Waals surface area contributed by atoms with E-state index in [1.165, 1.54) is 0 Å². The standard InChI is InChI=1S/C9H9BrO2.C5H14N2/c1-6-3-7(5-11)9(10)8(4-6)12-2;1-6-4-5-7(2)3/h3-5H,1-2H3;6H,4-5H2,1-3H3. The van der Waals surface area contributed by atoms with E-state index < -0.39 is 0 Å². The van der Waals surface area contributed by atoms with Gasteiger partial charge in [-0.25, -0.2) is 0 Å². The average Bonchev–Trinajstić information content (AvgIpc) is 2.39. The van der Waals surface area contributed by atoms with E-state index in [2.05, 4.69) is 40.2 Å². The molecule has 1 aromatic rings. The molecule has 0 aliphatic heterocycles. The van der Waals surface area contributed by atoms with Crippen LogP contribution in [0, 0.1) is 6.92 Å². The predicted molar refractivity (Wildman–Crippen MR) is 83.3 cm³/mol. The number of hydrogen-bond acceptors (Lipinski definition) is 4. The highest BCUT2D eigenvalue weighted by Gasteiger charge is 2.05. The highest BCUT2D eigenvalue weighted by molar-refractivity contribution is 9.10. The van der Waals surface area contributed by atoms with Crippen LogP contribution in [-0.4, -0.2) is 52.5 Å². The number of nitrogens with one attached hydrogen (secondary N) is 1. The topological polar surface area (TPSA) is 41.6 Å². The van der Waals surface area contributed by atoms with Gasteiger partial charge in [-0.3, -0.25) is 4.79 Å². The van der Waals surface area contributed by atoms with Gasteiger partial charge in [-0.05, 0) is 61.7 Å². The Hall–Kier alpha value is -0.910. The molecule has 0 amide bonds. The molecule has 0 aromatic heterocycles. The second-order valence-corrected chi connectivity index (χ2v) is 5.19. The number of rotatable bonds is 5. The van der Waals surface area contributed by atoms with E-state index in [1.807, 2.05) is 20.0 Å². The second kappa shape index (κ2) is 9.95. The molecule has 0 bridgehead atoms. The summed E-state index contributed by atoms with van der Waals surface area (Å²) in [6.07, 6.45) is 0.805. The maximum Gasteiger partial charge on any atom is 0.151 e. The molecule has 0 radical (unpaired) electrons. The summed E-state index contributed by atoms with van der Waals surface area (Å²) in [5, 5.41) is 3.06. The van der Waals surface area contributed by atoms with Gasteiger partial charge in [-0.1, -0.05) is 0 Å². The second-order valence-electron chi connectivity index (χ2n) is 4.40. The first-order valence-electron chi connectivity index (χ1n) is 6.04. The van der Waals surface area contributed by atoms with E-state index >= 15 is 0 Å². The van der Waals surface area contributed by atoms with Gasteiger partial charge in [0, 0.05) is 18.7 Å². The van der Waals surface area contributed by atoms with Crippen LogP contribution in [0.25, 0.3) is 0 Å². The number of ether oxygens (including phenoxy) is 1. The summed E-state index contributed by atoms with van der Waals surface area (Å²) in [7, 11) is 7.67. The lowest BCUT2D eigenvalue weighted by Crippen LogP contribution is -2.23. The first-order valence-corrected chi connectivity index (χ1v) is 6.84. The fourth-order valence-electron chi connectivity index (χ4n) is 1.33. The third kappa shape index (κ3) is 7.30. The van der Waals surface area contributed by atoms with Crippen molar-refractivity contribution in [2.24, 2.45) is 0 Å². The van der Waals surface area contributed by atoms with Gasteiger partial charge in [0.1, 0.15) is 5.75 Å². The molecule has 4 nitrogen and oxygen atoms in total. The van der Waals surface area contributed by atoms with E-state index in [4.69, 9.17) is 4.74 Å². The average molecular weight is 331 g/mol. The van der Waals surface area contributed by atoms with Gasteiger partial charge in [0.15, 0.2) is 6.29 Å². The van der Waals surface area contributed by atoms with E-state index in [1.54, 1.807) is 13.2 Å². The number of benzene rings is 1. The molecule has 0 spiro atoms. The highest BCUT2D eigenvalue weighted by Crippen LogP contribution is 2.28. The monoisotopic (exact) mass is 330 g/mol. The van der Waals surface area contributed by atoms with Gasteiger partial charge in [-0.15, -0.1) is 0 Å². The van der Waals surface area contributed by atoms with Crippen molar-refractivity contribution in [2.45, 2.75) is 6.92 Å². The first-order chi connectivity index (χ1) is 8.96. The number of methoxy groups -OCH3 is 1. The Morgan fingerprint density at radius 2 is 2.05 bits per heavy atom. The molecule has 5 heteroatoms. The molecule has 0 heterocycles. The molecule has 108 valence electrons. The smallest absolute Gasteiger partial charge is 0.151 e. The maximum absolute atomic E-state index is 10.6. The van der Waals surface area contributed by atoms with E-state index in [0.717, 1.165) is 24.9 Å². The zero-order valence-electron chi connectivity index (χ0n) is 12.3. The number of nitrogens with zero attached hydrogens (tertiary/aromatic N) is 1. The van der Waals surface area contributed by atoms with Crippen LogP contribution in [0.15, 0.2) is 16.6 Å². The van der Waals surface area contributed by atoms with Gasteiger partial charge in [0.2, 0.25) is 0 Å². The van der Waals surface area contributed by atoms with Crippen LogP contribution in [0.4, 0.5) is 0 Å². The fraction of sp³-hybridized carbons (Fsp3) is 0.500. The highest BCUT2D eigenvalue weighted by atomic mass is 79.9. The minimum atomic E-state index is 0.617. The number of carbonyl (C=O) groups excluding carboxylic acids is 1. The van der Waals surface area contributed by atoms with Crippen LogP contribution in [0.2, 0.25) is 0 Å². The van der Waals surface area contributed by atoms with Crippen LogP contribution in [0.3, 0.4) is 0 Å². The van der Waals surface area contributed by atoms with Crippen molar-refractivity contribution in [3.63, 3.8) is 0 Å². The summed E-state index contributed by atoms with van der Waals surface area (Å²) in [6.45, 7) is 4.12. The van der Waals surface area contributed by atoms with Crippen molar-refractivity contribution in [3.05, 3.63) is 27.7 Å². The Bertz CT molecular complexity index is 395. The van der Waals surface area contributed by atoms with Gasteiger partial charge in [0.05, 0.1) is 11.6 Å². The van der Waals surface area contributed by atoms with Gasteiger partial charge in [-0.2, -0.15) is 0 Å². The van der Waals surface area contributed by atoms with Crippen LogP contribution < -0.4 is 10.1 Å². The maximum atomic E-state index is 10.6. The number of halogens is 1. The lowest BCUT2D eigenvalue weighted by atomic mass is 10.1. The number of aldehydes is 1. The molecule has 0 fully saturated rings. The van der Waals surface area contributed by atoms with Crippen LogP contribution in [-0.2, 0) is 0 Å². The lowest BCUT2D eigenvalue weighted by molar-refractivity contribution is 0.112. The third-order valence-corrected chi connectivity index (χ3v) is 3.22. The van der Waals surface area contributed by atoms with E-state index in [-0.39, 0.29) is 0 Å². The molecule has 0 aliphatic rings. The third-order valence-electron chi connectivity index (χ3n) is 2.37. The SMILES string of the molecule is CNCCN(C)C.COc1cc(C)cc(C=O)c1Br. The number of carbonyl (C=O) groups is 1. The Kier molecular flexibility index (Phi) is 9.47. The Balaban J connectivity index is 0.000000399. The molecular formula is C14H23BrN2O2. The molecule has 1 rings (SSSR count). The first kappa shape index (κ1) is 18.1. The minimum Gasteiger partial charge on any atom is -0.496 e. The summed E-state index contributed by atoms with van der Waals surface area (Å²) >= 11 is 3.28. The molecule has 1 N–H and O–H groups in total. The molecule has 0 saturated heterocycles. The van der Waals surface area contributed by atoms with Crippen molar-refractivity contribution in [1.82, 2.24) is 10.2 Å². The van der Waals surface area contributed by atoms with Crippen molar-refractivity contribution < 1.29 is 9.53 Å². The zero-order valence-corrected chi connectivity index (χ0v) is 13.9. The fourth-order valence-corrected chi connectivity index (χ4v) is 1.82. The quantitative estimate of drug-likeness (QED) is 0.841. The van der Waals surface area contributed by atoms with Crippen molar-refractivity contribution in [2.75, 3.05) is 41.3 Å². The summed E-state index contributed by atoms with van der Waals surface area (Å²) < 4.78 is 5.78. The van der Waals surface area contributed by atoms with Gasteiger partial charge < -0.3 is 15.0 Å². The van der Waals surface area contributed by atoms with Crippen molar-refractivity contribution in [1.29, 1.82) is 0 Å². The van der Waals surface area contributed by atoms with Crippen LogP contribution in [0.5, 0.6) is 5.75 Å². The Labute approximate surface area is 124 Å². The number of likely N-dealkylation sites (N-methyl/N-ethyl adjacent to an activating group) is 2. The zero-order chi connectivity index (χ0) is 14.8. The predicted octanol–water partition coefficient (Wildman–Crippen LogP) is 2.35. The lowest BCUT2D eigenvalue weighted by Gasteiger charge is -2.06. The number of aryl methyl sites for hydroxylation is 1. The normalized spacial score (nSPS) is 9.84. The van der Waals surface area contributed by atoms with Crippen LogP contribution in [0.1, 0.15) is 15.9 Å². The summed E-state index contributed by atoms with van der Waals surface area (Å²) in [5.41, 5.74) is 1.63. The molecule has 19 heavy (non-hydrogen) atoms. The summed E-state index contributed by atoms with van der Waals surface area (Å²) in [5.74, 6) is 0.692. The van der Waals surface area contributed by atoms with Crippen molar-refractivity contribution >= 4 is 22.2 Å². The number of hydrogen-bond donors (Lipinski definition) is 1. The summed E-state index contributed by atoms with van der Waals surface area (Å²) in [6, 6.07) is 3.68. The molecular weight excluding hydrogens is 308 g/mol. The molecule has 0 unspecified atom stereocenters. The van der Waals surface area contributed by atoms with Crippen LogP contribution >= 0.6 is 15.9 Å². The molecule has 0 aliphatic carbocycles. The van der Waals surface area contributed by atoms with Crippen molar-refractivity contribution in [3.8, 4) is 5.75 Å². The molecule has 0 atom stereocenters. The Morgan fingerprint density at radius 3 is 2.42 bits per heavy atom. The minimum absolute atomic E-state index is 0.617.